The molecule has 0 spiro atoms. The summed E-state index contributed by atoms with van der Waals surface area (Å²) in [7, 11) is 0. The zero-order valence-electron chi connectivity index (χ0n) is 15.2. The summed E-state index contributed by atoms with van der Waals surface area (Å²) in [4.78, 5) is 37.9. The molecule has 0 unspecified atom stereocenters. The van der Waals surface area contributed by atoms with Crippen molar-refractivity contribution in [1.82, 2.24) is 10.2 Å². The number of nitrogens with one attached hydrogen (secondary N) is 1. The highest BCUT2D eigenvalue weighted by Gasteiger charge is 2.38. The minimum Gasteiger partial charge on any atom is -0.455 e. The summed E-state index contributed by atoms with van der Waals surface area (Å²) in [6.45, 7) is 7.49. The van der Waals surface area contributed by atoms with Crippen LogP contribution >= 0.6 is 0 Å². The number of amides is 2. The molecule has 0 aliphatic carbocycles. The zero-order valence-corrected chi connectivity index (χ0v) is 15.2. The summed E-state index contributed by atoms with van der Waals surface area (Å²) in [5.41, 5.74) is 0.642. The fourth-order valence-corrected chi connectivity index (χ4v) is 2.88. The van der Waals surface area contributed by atoms with Gasteiger partial charge in [0.15, 0.2) is 6.61 Å². The van der Waals surface area contributed by atoms with E-state index in [4.69, 9.17) is 4.74 Å². The van der Waals surface area contributed by atoms with Gasteiger partial charge in [0, 0.05) is 18.5 Å². The molecule has 2 amide bonds. The van der Waals surface area contributed by atoms with Crippen molar-refractivity contribution in [1.29, 1.82) is 0 Å². The lowest BCUT2D eigenvalue weighted by Gasteiger charge is -2.25. The quantitative estimate of drug-likeness (QED) is 0.828. The minimum atomic E-state index is -0.527. The van der Waals surface area contributed by atoms with Crippen LogP contribution in [0.25, 0.3) is 0 Å². The van der Waals surface area contributed by atoms with E-state index in [0.717, 1.165) is 5.56 Å². The Morgan fingerprint density at radius 1 is 1.28 bits per heavy atom. The van der Waals surface area contributed by atoms with Gasteiger partial charge in [0.1, 0.15) is 0 Å². The van der Waals surface area contributed by atoms with Gasteiger partial charge in [-0.15, -0.1) is 0 Å². The lowest BCUT2D eigenvalue weighted by molar-refractivity contribution is -0.152. The Hall–Kier alpha value is -2.37. The Bertz CT molecular complexity index is 637. The molecule has 2 rings (SSSR count). The number of benzene rings is 1. The lowest BCUT2D eigenvalue weighted by Crippen LogP contribution is -2.43. The van der Waals surface area contributed by atoms with E-state index in [1.165, 1.54) is 0 Å². The van der Waals surface area contributed by atoms with E-state index >= 15 is 0 Å². The molecule has 6 heteroatoms. The van der Waals surface area contributed by atoms with Gasteiger partial charge in [0.05, 0.1) is 12.0 Å². The molecule has 0 radical (unpaired) electrons. The molecular weight excluding hydrogens is 320 g/mol. The van der Waals surface area contributed by atoms with Crippen LogP contribution in [0.15, 0.2) is 30.3 Å². The van der Waals surface area contributed by atoms with E-state index in [9.17, 15) is 14.4 Å². The molecule has 0 saturated carbocycles. The highest BCUT2D eigenvalue weighted by atomic mass is 16.5. The molecular formula is C19H26N2O4. The second kappa shape index (κ2) is 7.68. The lowest BCUT2D eigenvalue weighted by atomic mass is 10.1. The van der Waals surface area contributed by atoms with Crippen molar-refractivity contribution in [3.8, 4) is 0 Å². The van der Waals surface area contributed by atoms with Crippen LogP contribution in [0.4, 0.5) is 0 Å². The normalized spacial score (nSPS) is 18.8. The van der Waals surface area contributed by atoms with Crippen LogP contribution in [-0.4, -0.2) is 41.4 Å². The first-order valence-electron chi connectivity index (χ1n) is 8.49. The van der Waals surface area contributed by atoms with E-state index in [1.807, 2.05) is 58.0 Å². The maximum Gasteiger partial charge on any atom is 0.311 e. The number of carbonyl (C=O) groups is 3. The molecule has 136 valence electrons. The SMILES string of the molecule is C[C@@H](c1ccccc1)N1C[C@@H](C(=O)OCC(=O)NC(C)(C)C)CC1=O. The van der Waals surface area contributed by atoms with Crippen LogP contribution in [0, 0.1) is 5.92 Å². The van der Waals surface area contributed by atoms with Gasteiger partial charge >= 0.3 is 5.97 Å². The molecule has 1 fully saturated rings. The summed E-state index contributed by atoms with van der Waals surface area (Å²) in [6.07, 6.45) is 0.122. The van der Waals surface area contributed by atoms with Gasteiger partial charge in [-0.25, -0.2) is 0 Å². The number of esters is 1. The molecule has 0 aromatic heterocycles. The van der Waals surface area contributed by atoms with Crippen LogP contribution < -0.4 is 5.32 Å². The average Bonchev–Trinajstić information content (AvgIpc) is 2.93. The van der Waals surface area contributed by atoms with Crippen molar-refractivity contribution < 1.29 is 19.1 Å². The van der Waals surface area contributed by atoms with Crippen molar-refractivity contribution in [2.45, 2.75) is 45.7 Å². The van der Waals surface area contributed by atoms with Crippen molar-refractivity contribution in [2.75, 3.05) is 13.2 Å². The smallest absolute Gasteiger partial charge is 0.311 e. The largest absolute Gasteiger partial charge is 0.455 e. The number of hydrogen-bond acceptors (Lipinski definition) is 4. The van der Waals surface area contributed by atoms with E-state index in [1.54, 1.807) is 4.90 Å². The molecule has 25 heavy (non-hydrogen) atoms. The second-order valence-corrected chi connectivity index (χ2v) is 7.44. The van der Waals surface area contributed by atoms with Crippen LogP contribution in [0.2, 0.25) is 0 Å². The third kappa shape index (κ3) is 5.31. The van der Waals surface area contributed by atoms with Crippen molar-refractivity contribution in [2.24, 2.45) is 5.92 Å². The third-order valence-corrected chi connectivity index (χ3v) is 4.10. The van der Waals surface area contributed by atoms with Gasteiger partial charge in [-0.1, -0.05) is 30.3 Å². The van der Waals surface area contributed by atoms with Crippen LogP contribution in [0.1, 0.15) is 45.7 Å². The van der Waals surface area contributed by atoms with Gasteiger partial charge in [-0.2, -0.15) is 0 Å². The van der Waals surface area contributed by atoms with Gasteiger partial charge in [-0.3, -0.25) is 14.4 Å². The number of hydrogen-bond donors (Lipinski definition) is 1. The predicted octanol–water partition coefficient (Wildman–Crippen LogP) is 2.05. The summed E-state index contributed by atoms with van der Waals surface area (Å²) < 4.78 is 5.09. The third-order valence-electron chi connectivity index (χ3n) is 4.10. The molecule has 2 atom stereocenters. The molecule has 1 saturated heterocycles. The minimum absolute atomic E-state index is 0.0718. The molecule has 1 aliphatic heterocycles. The van der Waals surface area contributed by atoms with Gasteiger partial charge < -0.3 is 15.0 Å². The highest BCUT2D eigenvalue weighted by molar-refractivity contribution is 5.88. The van der Waals surface area contributed by atoms with Gasteiger partial charge in [-0.05, 0) is 33.3 Å². The number of likely N-dealkylation sites (tertiary alicyclic amines) is 1. The molecule has 6 nitrogen and oxygen atoms in total. The Balaban J connectivity index is 1.89. The standard InChI is InChI=1S/C19H26N2O4/c1-13(14-8-6-5-7-9-14)21-11-15(10-17(21)23)18(24)25-12-16(22)20-19(2,3)4/h5-9,13,15H,10-12H2,1-4H3,(H,20,22)/t13-,15-/m0/s1. The van der Waals surface area contributed by atoms with E-state index in [0.29, 0.717) is 6.54 Å². The van der Waals surface area contributed by atoms with Crippen molar-refractivity contribution >= 4 is 17.8 Å². The van der Waals surface area contributed by atoms with Crippen LogP contribution in [0.5, 0.6) is 0 Å². The Morgan fingerprint density at radius 3 is 2.52 bits per heavy atom. The highest BCUT2D eigenvalue weighted by Crippen LogP contribution is 2.28. The monoisotopic (exact) mass is 346 g/mol. The number of ether oxygens (including phenoxy) is 1. The Kier molecular flexibility index (Phi) is 5.82. The average molecular weight is 346 g/mol. The van der Waals surface area contributed by atoms with Crippen molar-refractivity contribution in [3.63, 3.8) is 0 Å². The number of nitrogens with zero attached hydrogens (tertiary/aromatic N) is 1. The fraction of sp³-hybridized carbons (Fsp3) is 0.526. The second-order valence-electron chi connectivity index (χ2n) is 7.44. The molecule has 1 aliphatic rings. The first kappa shape index (κ1) is 19.0. The van der Waals surface area contributed by atoms with Crippen LogP contribution in [-0.2, 0) is 19.1 Å². The van der Waals surface area contributed by atoms with E-state index in [-0.39, 0.29) is 36.4 Å². The maximum atomic E-state index is 12.3. The summed E-state index contributed by atoms with van der Waals surface area (Å²) in [5.74, 6) is -1.45. The first-order chi connectivity index (χ1) is 11.7. The van der Waals surface area contributed by atoms with E-state index < -0.39 is 11.9 Å². The zero-order chi connectivity index (χ0) is 18.6. The number of rotatable bonds is 5. The predicted molar refractivity (Wildman–Crippen MR) is 93.5 cm³/mol. The summed E-state index contributed by atoms with van der Waals surface area (Å²) in [5, 5.41) is 2.73. The van der Waals surface area contributed by atoms with E-state index in [2.05, 4.69) is 5.32 Å². The maximum absolute atomic E-state index is 12.3. The fourth-order valence-electron chi connectivity index (χ4n) is 2.88. The van der Waals surface area contributed by atoms with Crippen molar-refractivity contribution in [3.05, 3.63) is 35.9 Å². The molecule has 1 N–H and O–H groups in total. The molecule has 1 heterocycles. The topological polar surface area (TPSA) is 75.7 Å². The molecule has 1 aromatic rings. The molecule has 0 bridgehead atoms. The Labute approximate surface area is 148 Å². The Morgan fingerprint density at radius 2 is 1.92 bits per heavy atom. The summed E-state index contributed by atoms with van der Waals surface area (Å²) in [6, 6.07) is 9.58. The first-order valence-corrected chi connectivity index (χ1v) is 8.49. The molecule has 1 aromatic carbocycles. The van der Waals surface area contributed by atoms with Gasteiger partial charge in [0.2, 0.25) is 5.91 Å². The summed E-state index contributed by atoms with van der Waals surface area (Å²) >= 11 is 0. The number of carbonyl (C=O) groups excluding carboxylic acids is 3. The van der Waals surface area contributed by atoms with Gasteiger partial charge in [0.25, 0.3) is 5.91 Å². The van der Waals surface area contributed by atoms with Crippen LogP contribution in [0.3, 0.4) is 0 Å².